The molecule has 1 unspecified atom stereocenters. The molecule has 4 heteroatoms. The minimum Gasteiger partial charge on any atom is -0.388 e. The van der Waals surface area contributed by atoms with Crippen molar-refractivity contribution in [3.63, 3.8) is 0 Å². The number of aliphatic hydroxyl groups excluding tert-OH is 1. The van der Waals surface area contributed by atoms with Gasteiger partial charge < -0.3 is 10.8 Å². The maximum absolute atomic E-state index is 9.94. The molecule has 1 atom stereocenters. The first-order valence-corrected chi connectivity index (χ1v) is 6.12. The van der Waals surface area contributed by atoms with Gasteiger partial charge in [0.2, 0.25) is 0 Å². The summed E-state index contributed by atoms with van der Waals surface area (Å²) in [4.78, 5) is 0. The van der Waals surface area contributed by atoms with E-state index in [1.165, 1.54) is 25.7 Å². The van der Waals surface area contributed by atoms with Crippen LogP contribution >= 0.6 is 0 Å². The Morgan fingerprint density at radius 2 is 2.06 bits per heavy atom. The van der Waals surface area contributed by atoms with Crippen LogP contribution in [0.15, 0.2) is 6.20 Å². The van der Waals surface area contributed by atoms with E-state index in [9.17, 15) is 5.11 Å². The SMILES string of the molecule is CCCCCCCC(O)c1cnn(C)c1N. The predicted octanol–water partition coefficient (Wildman–Crippen LogP) is 2.40. The molecule has 3 N–H and O–H groups in total. The molecule has 0 aromatic carbocycles. The molecule has 0 aliphatic heterocycles. The Morgan fingerprint density at radius 3 is 2.62 bits per heavy atom. The van der Waals surface area contributed by atoms with E-state index >= 15 is 0 Å². The first-order chi connectivity index (χ1) is 7.66. The Labute approximate surface area is 97.5 Å². The van der Waals surface area contributed by atoms with Crippen molar-refractivity contribution >= 4 is 5.82 Å². The van der Waals surface area contributed by atoms with E-state index in [4.69, 9.17) is 5.73 Å². The highest BCUT2D eigenvalue weighted by atomic mass is 16.3. The number of nitrogens with zero attached hydrogens (tertiary/aromatic N) is 2. The summed E-state index contributed by atoms with van der Waals surface area (Å²) < 4.78 is 1.59. The van der Waals surface area contributed by atoms with Gasteiger partial charge in [0.25, 0.3) is 0 Å². The third-order valence-corrected chi connectivity index (χ3v) is 2.95. The summed E-state index contributed by atoms with van der Waals surface area (Å²) in [6.45, 7) is 2.20. The summed E-state index contributed by atoms with van der Waals surface area (Å²) in [5.41, 5.74) is 6.56. The van der Waals surface area contributed by atoms with E-state index in [0.717, 1.165) is 18.4 Å². The molecule has 4 nitrogen and oxygen atoms in total. The standard InChI is InChI=1S/C12H23N3O/c1-3-4-5-6-7-8-11(16)10-9-14-15(2)12(10)13/h9,11,16H,3-8,13H2,1-2H3. The molecule has 0 aliphatic carbocycles. The normalized spacial score (nSPS) is 12.9. The lowest BCUT2D eigenvalue weighted by atomic mass is 10.0. The molecule has 1 heterocycles. The van der Waals surface area contributed by atoms with Crippen LogP contribution < -0.4 is 5.73 Å². The van der Waals surface area contributed by atoms with Gasteiger partial charge in [-0.25, -0.2) is 0 Å². The minimum atomic E-state index is -0.463. The van der Waals surface area contributed by atoms with E-state index in [-0.39, 0.29) is 0 Å². The molecule has 1 rings (SSSR count). The lowest BCUT2D eigenvalue weighted by Crippen LogP contribution is -2.03. The second-order valence-corrected chi connectivity index (χ2v) is 4.33. The van der Waals surface area contributed by atoms with E-state index in [2.05, 4.69) is 12.0 Å². The predicted molar refractivity (Wildman–Crippen MR) is 66.0 cm³/mol. The molecule has 0 bridgehead atoms. The minimum absolute atomic E-state index is 0.463. The van der Waals surface area contributed by atoms with Crippen molar-refractivity contribution in [3.8, 4) is 0 Å². The zero-order valence-electron chi connectivity index (χ0n) is 10.3. The molecule has 1 aromatic heterocycles. The summed E-state index contributed by atoms with van der Waals surface area (Å²) >= 11 is 0. The van der Waals surface area contributed by atoms with Gasteiger partial charge in [0.05, 0.1) is 12.3 Å². The summed E-state index contributed by atoms with van der Waals surface area (Å²) in [6, 6.07) is 0. The third-order valence-electron chi connectivity index (χ3n) is 2.95. The second-order valence-electron chi connectivity index (χ2n) is 4.33. The fraction of sp³-hybridized carbons (Fsp3) is 0.750. The van der Waals surface area contributed by atoms with Crippen LogP contribution in [0.3, 0.4) is 0 Å². The molecule has 92 valence electrons. The summed E-state index contributed by atoms with van der Waals surface area (Å²) in [5, 5.41) is 14.0. The second kappa shape index (κ2) is 6.53. The summed E-state index contributed by atoms with van der Waals surface area (Å²) in [7, 11) is 1.78. The summed E-state index contributed by atoms with van der Waals surface area (Å²) in [6.07, 6.45) is 8.00. The Kier molecular flexibility index (Phi) is 5.32. The first kappa shape index (κ1) is 13.0. The van der Waals surface area contributed by atoms with E-state index < -0.39 is 6.10 Å². The number of aliphatic hydroxyl groups is 1. The number of nitrogen functional groups attached to an aromatic ring is 1. The van der Waals surface area contributed by atoms with Crippen molar-refractivity contribution in [2.45, 2.75) is 51.6 Å². The van der Waals surface area contributed by atoms with E-state index in [1.807, 2.05) is 0 Å². The lowest BCUT2D eigenvalue weighted by molar-refractivity contribution is 0.164. The van der Waals surface area contributed by atoms with Gasteiger partial charge in [0, 0.05) is 12.6 Å². The maximum Gasteiger partial charge on any atom is 0.127 e. The quantitative estimate of drug-likeness (QED) is 0.700. The van der Waals surface area contributed by atoms with Gasteiger partial charge >= 0.3 is 0 Å². The Morgan fingerprint density at radius 1 is 1.38 bits per heavy atom. The monoisotopic (exact) mass is 225 g/mol. The molecular formula is C12H23N3O. The number of anilines is 1. The zero-order chi connectivity index (χ0) is 12.0. The van der Waals surface area contributed by atoms with Crippen molar-refractivity contribution < 1.29 is 5.11 Å². The number of hydrogen-bond donors (Lipinski definition) is 2. The molecule has 0 saturated heterocycles. The Bertz CT molecular complexity index is 309. The largest absolute Gasteiger partial charge is 0.388 e. The molecule has 0 fully saturated rings. The van der Waals surface area contributed by atoms with Crippen molar-refractivity contribution in [3.05, 3.63) is 11.8 Å². The smallest absolute Gasteiger partial charge is 0.127 e. The van der Waals surface area contributed by atoms with Crippen LogP contribution in [0.25, 0.3) is 0 Å². The highest BCUT2D eigenvalue weighted by Gasteiger charge is 2.13. The molecule has 0 aliphatic rings. The van der Waals surface area contributed by atoms with Crippen molar-refractivity contribution in [1.82, 2.24) is 9.78 Å². The number of aromatic nitrogens is 2. The fourth-order valence-corrected chi connectivity index (χ4v) is 1.82. The van der Waals surface area contributed by atoms with Gasteiger partial charge in [0.1, 0.15) is 5.82 Å². The number of hydrogen-bond acceptors (Lipinski definition) is 3. The fourth-order valence-electron chi connectivity index (χ4n) is 1.82. The Hall–Kier alpha value is -1.03. The van der Waals surface area contributed by atoms with Crippen LogP contribution in [-0.2, 0) is 7.05 Å². The average molecular weight is 225 g/mol. The zero-order valence-corrected chi connectivity index (χ0v) is 10.3. The van der Waals surface area contributed by atoms with Gasteiger partial charge in [-0.15, -0.1) is 0 Å². The van der Waals surface area contributed by atoms with Gasteiger partial charge in [-0.3, -0.25) is 4.68 Å². The van der Waals surface area contributed by atoms with E-state index in [0.29, 0.717) is 5.82 Å². The highest BCUT2D eigenvalue weighted by Crippen LogP contribution is 2.24. The number of unbranched alkanes of at least 4 members (excludes halogenated alkanes) is 4. The molecule has 1 aromatic rings. The molecule has 16 heavy (non-hydrogen) atoms. The Balaban J connectivity index is 2.30. The van der Waals surface area contributed by atoms with Crippen LogP contribution in [0, 0.1) is 0 Å². The molecule has 0 spiro atoms. The van der Waals surface area contributed by atoms with Gasteiger partial charge in [-0.05, 0) is 6.42 Å². The van der Waals surface area contributed by atoms with Crippen molar-refractivity contribution in [2.75, 3.05) is 5.73 Å². The van der Waals surface area contributed by atoms with Crippen LogP contribution in [0.2, 0.25) is 0 Å². The summed E-state index contributed by atoms with van der Waals surface area (Å²) in [5.74, 6) is 0.570. The van der Waals surface area contributed by atoms with Crippen LogP contribution in [0.4, 0.5) is 5.82 Å². The van der Waals surface area contributed by atoms with Crippen LogP contribution in [-0.4, -0.2) is 14.9 Å². The molecule has 0 amide bonds. The average Bonchev–Trinajstić information content (AvgIpc) is 2.59. The third kappa shape index (κ3) is 3.52. The molecule has 0 radical (unpaired) electrons. The van der Waals surface area contributed by atoms with E-state index in [1.54, 1.807) is 17.9 Å². The molecular weight excluding hydrogens is 202 g/mol. The topological polar surface area (TPSA) is 64.1 Å². The van der Waals surface area contributed by atoms with Crippen molar-refractivity contribution in [1.29, 1.82) is 0 Å². The highest BCUT2D eigenvalue weighted by molar-refractivity contribution is 5.39. The number of nitrogens with two attached hydrogens (primary N) is 1. The van der Waals surface area contributed by atoms with Gasteiger partial charge in [-0.1, -0.05) is 39.0 Å². The number of rotatable bonds is 7. The maximum atomic E-state index is 9.94. The molecule has 0 saturated carbocycles. The van der Waals surface area contributed by atoms with Crippen LogP contribution in [0.5, 0.6) is 0 Å². The van der Waals surface area contributed by atoms with Crippen molar-refractivity contribution in [2.24, 2.45) is 7.05 Å². The first-order valence-electron chi connectivity index (χ1n) is 6.12. The number of aryl methyl sites for hydroxylation is 1. The lowest BCUT2D eigenvalue weighted by Gasteiger charge is -2.09. The van der Waals surface area contributed by atoms with Gasteiger partial charge in [-0.2, -0.15) is 5.10 Å². The van der Waals surface area contributed by atoms with Crippen LogP contribution in [0.1, 0.15) is 57.1 Å². The van der Waals surface area contributed by atoms with Gasteiger partial charge in [0.15, 0.2) is 0 Å².